The second-order valence-electron chi connectivity index (χ2n) is 3.13. The number of allylic oxidation sites excluding steroid dienone is 2. The first-order valence-electron chi connectivity index (χ1n) is 4.57. The van der Waals surface area contributed by atoms with Crippen molar-refractivity contribution in [2.45, 2.75) is 38.7 Å². The van der Waals surface area contributed by atoms with Gasteiger partial charge in [-0.2, -0.15) is 0 Å². The van der Waals surface area contributed by atoms with E-state index in [0.29, 0.717) is 25.2 Å². The first-order valence-corrected chi connectivity index (χ1v) is 4.57. The van der Waals surface area contributed by atoms with E-state index in [4.69, 9.17) is 4.74 Å². The fraction of sp³-hybridized carbons (Fsp3) is 0.700. The average Bonchev–Trinajstić information content (AvgIpc) is 2.05. The average molecular weight is 168 g/mol. The topological polar surface area (TPSA) is 26.3 Å². The zero-order chi connectivity index (χ0) is 8.81. The van der Waals surface area contributed by atoms with Crippen molar-refractivity contribution in [3.05, 3.63) is 12.2 Å². The van der Waals surface area contributed by atoms with Crippen LogP contribution in [0.4, 0.5) is 0 Å². The molecule has 1 heterocycles. The number of ketones is 1. The SMILES string of the molecule is C/C=C/CCC1CC(=O)CCO1. The molecule has 1 aliphatic rings. The Kier molecular flexibility index (Phi) is 4.01. The van der Waals surface area contributed by atoms with Crippen LogP contribution in [0.2, 0.25) is 0 Å². The lowest BCUT2D eigenvalue weighted by molar-refractivity contribution is -0.128. The largest absolute Gasteiger partial charge is 0.377 e. The van der Waals surface area contributed by atoms with E-state index in [1.54, 1.807) is 0 Å². The molecule has 1 aliphatic heterocycles. The molecule has 0 N–H and O–H groups in total. The van der Waals surface area contributed by atoms with Crippen LogP contribution in [-0.2, 0) is 9.53 Å². The molecule has 0 aliphatic carbocycles. The summed E-state index contributed by atoms with van der Waals surface area (Å²) in [6, 6.07) is 0. The molecule has 68 valence electrons. The van der Waals surface area contributed by atoms with Crippen LogP contribution >= 0.6 is 0 Å². The third-order valence-electron chi connectivity index (χ3n) is 2.08. The number of Topliss-reactive ketones (excluding diaryl/α,β-unsaturated/α-hetero) is 1. The van der Waals surface area contributed by atoms with Crippen LogP contribution < -0.4 is 0 Å². The van der Waals surface area contributed by atoms with Gasteiger partial charge in [0.05, 0.1) is 12.7 Å². The highest BCUT2D eigenvalue weighted by Crippen LogP contribution is 2.14. The third kappa shape index (κ3) is 3.18. The minimum atomic E-state index is 0.183. The summed E-state index contributed by atoms with van der Waals surface area (Å²) in [5, 5.41) is 0. The van der Waals surface area contributed by atoms with Crippen molar-refractivity contribution in [3.63, 3.8) is 0 Å². The maximum Gasteiger partial charge on any atom is 0.137 e. The van der Waals surface area contributed by atoms with Gasteiger partial charge in [-0.25, -0.2) is 0 Å². The monoisotopic (exact) mass is 168 g/mol. The molecule has 0 bridgehead atoms. The molecule has 2 nitrogen and oxygen atoms in total. The van der Waals surface area contributed by atoms with Crippen LogP contribution in [-0.4, -0.2) is 18.5 Å². The number of ether oxygens (including phenoxy) is 1. The first kappa shape index (κ1) is 9.46. The lowest BCUT2D eigenvalue weighted by Crippen LogP contribution is -2.25. The Morgan fingerprint density at radius 3 is 3.17 bits per heavy atom. The van der Waals surface area contributed by atoms with Crippen LogP contribution in [0, 0.1) is 0 Å². The van der Waals surface area contributed by atoms with Crippen molar-refractivity contribution in [3.8, 4) is 0 Å². The molecule has 1 unspecified atom stereocenters. The van der Waals surface area contributed by atoms with Crippen molar-refractivity contribution in [1.29, 1.82) is 0 Å². The van der Waals surface area contributed by atoms with E-state index in [0.717, 1.165) is 12.8 Å². The van der Waals surface area contributed by atoms with Gasteiger partial charge in [-0.05, 0) is 19.8 Å². The van der Waals surface area contributed by atoms with Crippen LogP contribution in [0.25, 0.3) is 0 Å². The van der Waals surface area contributed by atoms with E-state index in [9.17, 15) is 4.79 Å². The third-order valence-corrected chi connectivity index (χ3v) is 2.08. The second kappa shape index (κ2) is 5.09. The molecule has 0 saturated carbocycles. The summed E-state index contributed by atoms with van der Waals surface area (Å²) in [4.78, 5) is 11.0. The Bertz CT molecular complexity index is 173. The minimum Gasteiger partial charge on any atom is -0.377 e. The summed E-state index contributed by atoms with van der Waals surface area (Å²) >= 11 is 0. The van der Waals surface area contributed by atoms with E-state index in [1.807, 2.05) is 13.0 Å². The fourth-order valence-corrected chi connectivity index (χ4v) is 1.39. The highest BCUT2D eigenvalue weighted by atomic mass is 16.5. The van der Waals surface area contributed by atoms with Crippen molar-refractivity contribution in [1.82, 2.24) is 0 Å². The highest BCUT2D eigenvalue weighted by molar-refractivity contribution is 5.79. The van der Waals surface area contributed by atoms with E-state index in [-0.39, 0.29) is 6.10 Å². The van der Waals surface area contributed by atoms with Gasteiger partial charge in [-0.3, -0.25) is 4.79 Å². The van der Waals surface area contributed by atoms with Gasteiger partial charge < -0.3 is 4.74 Å². The summed E-state index contributed by atoms with van der Waals surface area (Å²) in [6.45, 7) is 2.63. The summed E-state index contributed by atoms with van der Waals surface area (Å²) in [5.41, 5.74) is 0. The standard InChI is InChI=1S/C10H16O2/c1-2-3-4-5-10-8-9(11)6-7-12-10/h2-3,10H,4-8H2,1H3/b3-2+. The van der Waals surface area contributed by atoms with Gasteiger partial charge in [0.1, 0.15) is 5.78 Å². The van der Waals surface area contributed by atoms with E-state index >= 15 is 0 Å². The quantitative estimate of drug-likeness (QED) is 0.603. The van der Waals surface area contributed by atoms with Crippen molar-refractivity contribution in [2.75, 3.05) is 6.61 Å². The molecular formula is C10H16O2. The lowest BCUT2D eigenvalue weighted by Gasteiger charge is -2.20. The van der Waals surface area contributed by atoms with Gasteiger partial charge in [0, 0.05) is 12.8 Å². The van der Waals surface area contributed by atoms with Crippen LogP contribution in [0.5, 0.6) is 0 Å². The Morgan fingerprint density at radius 1 is 1.67 bits per heavy atom. The molecule has 0 radical (unpaired) electrons. The molecule has 0 spiro atoms. The highest BCUT2D eigenvalue weighted by Gasteiger charge is 2.18. The summed E-state index contributed by atoms with van der Waals surface area (Å²) in [7, 11) is 0. The maximum absolute atomic E-state index is 11.0. The smallest absolute Gasteiger partial charge is 0.137 e. The minimum absolute atomic E-state index is 0.183. The van der Waals surface area contributed by atoms with Gasteiger partial charge in [0.25, 0.3) is 0 Å². The van der Waals surface area contributed by atoms with Crippen molar-refractivity contribution >= 4 is 5.78 Å². The number of hydrogen-bond acceptors (Lipinski definition) is 2. The predicted octanol–water partition coefficient (Wildman–Crippen LogP) is 2.09. The van der Waals surface area contributed by atoms with Crippen LogP contribution in [0.1, 0.15) is 32.6 Å². The Hall–Kier alpha value is -0.630. The molecular weight excluding hydrogens is 152 g/mol. The van der Waals surface area contributed by atoms with Crippen molar-refractivity contribution < 1.29 is 9.53 Å². The van der Waals surface area contributed by atoms with E-state index in [2.05, 4.69) is 6.08 Å². The number of rotatable bonds is 3. The normalized spacial score (nSPS) is 25.1. The van der Waals surface area contributed by atoms with Gasteiger partial charge in [0.2, 0.25) is 0 Å². The molecule has 1 atom stereocenters. The second-order valence-corrected chi connectivity index (χ2v) is 3.13. The van der Waals surface area contributed by atoms with E-state index in [1.165, 1.54) is 0 Å². The molecule has 1 fully saturated rings. The van der Waals surface area contributed by atoms with Crippen LogP contribution in [0.3, 0.4) is 0 Å². The lowest BCUT2D eigenvalue weighted by atomic mass is 10.0. The Labute approximate surface area is 73.6 Å². The first-order chi connectivity index (χ1) is 5.83. The Balaban J connectivity index is 2.18. The molecule has 0 aromatic carbocycles. The van der Waals surface area contributed by atoms with Crippen molar-refractivity contribution in [2.24, 2.45) is 0 Å². The fourth-order valence-electron chi connectivity index (χ4n) is 1.39. The molecule has 0 aromatic rings. The summed E-state index contributed by atoms with van der Waals surface area (Å²) in [5.74, 6) is 0.353. The molecule has 0 amide bonds. The van der Waals surface area contributed by atoms with Gasteiger partial charge in [-0.15, -0.1) is 0 Å². The van der Waals surface area contributed by atoms with Gasteiger partial charge >= 0.3 is 0 Å². The molecule has 1 saturated heterocycles. The molecule has 2 heteroatoms. The zero-order valence-electron chi connectivity index (χ0n) is 7.58. The Morgan fingerprint density at radius 2 is 2.50 bits per heavy atom. The molecule has 0 aromatic heterocycles. The summed E-state index contributed by atoms with van der Waals surface area (Å²) < 4.78 is 5.44. The summed E-state index contributed by atoms with van der Waals surface area (Å²) in [6.07, 6.45) is 7.57. The number of hydrogen-bond donors (Lipinski definition) is 0. The van der Waals surface area contributed by atoms with Crippen LogP contribution in [0.15, 0.2) is 12.2 Å². The number of carbonyl (C=O) groups is 1. The molecule has 12 heavy (non-hydrogen) atoms. The zero-order valence-corrected chi connectivity index (χ0v) is 7.58. The number of carbonyl (C=O) groups excluding carboxylic acids is 1. The van der Waals surface area contributed by atoms with E-state index < -0.39 is 0 Å². The predicted molar refractivity (Wildman–Crippen MR) is 48.0 cm³/mol. The van der Waals surface area contributed by atoms with Gasteiger partial charge in [-0.1, -0.05) is 12.2 Å². The van der Waals surface area contributed by atoms with Gasteiger partial charge in [0.15, 0.2) is 0 Å². The molecule has 1 rings (SSSR count). The maximum atomic E-state index is 11.0.